The number of esters is 3. The molecule has 0 amide bonds. The normalized spacial score (nSPS) is 11.9. The van der Waals surface area contributed by atoms with E-state index in [1.807, 2.05) is 0 Å². The zero-order chi connectivity index (χ0) is 44.4. The van der Waals surface area contributed by atoms with Gasteiger partial charge in [-0.3, -0.25) is 14.4 Å². The standard InChI is InChI=1S/C55H106O6/c1-4-7-10-13-15-17-19-21-23-24-25-26-27-28-29-30-31-32-34-35-37-39-42-45-48-54(57)60-51-52(50-59-53(56)47-44-41-12-9-6-3)61-55(58)49-46-43-40-38-36-33-22-20-18-16-14-11-8-5-2/h52H,4-51H2,1-3H3. The van der Waals surface area contributed by atoms with Crippen molar-refractivity contribution in [2.45, 2.75) is 322 Å². The van der Waals surface area contributed by atoms with Crippen LogP contribution in [0.1, 0.15) is 316 Å². The molecule has 0 aliphatic carbocycles. The number of ether oxygens (including phenoxy) is 3. The maximum Gasteiger partial charge on any atom is 0.306 e. The molecule has 0 aliphatic heterocycles. The largest absolute Gasteiger partial charge is 0.462 e. The van der Waals surface area contributed by atoms with Crippen LogP contribution in [0.25, 0.3) is 0 Å². The van der Waals surface area contributed by atoms with E-state index in [1.165, 1.54) is 212 Å². The van der Waals surface area contributed by atoms with Crippen LogP contribution in [-0.2, 0) is 28.6 Å². The van der Waals surface area contributed by atoms with Crippen LogP contribution in [0.3, 0.4) is 0 Å². The fourth-order valence-electron chi connectivity index (χ4n) is 8.45. The number of unbranched alkanes of at least 4 members (excludes halogenated alkanes) is 40. The first-order chi connectivity index (χ1) is 30.0. The molecule has 0 fully saturated rings. The molecule has 61 heavy (non-hydrogen) atoms. The first kappa shape index (κ1) is 59.4. The Morgan fingerprint density at radius 1 is 0.262 bits per heavy atom. The highest BCUT2D eigenvalue weighted by atomic mass is 16.6. The zero-order valence-corrected chi connectivity index (χ0v) is 41.5. The lowest BCUT2D eigenvalue weighted by Gasteiger charge is -2.18. The first-order valence-electron chi connectivity index (χ1n) is 27.5. The molecule has 0 rings (SSSR count). The quantitative estimate of drug-likeness (QED) is 0.0344. The lowest BCUT2D eigenvalue weighted by molar-refractivity contribution is -0.167. The molecule has 0 aliphatic rings. The summed E-state index contributed by atoms with van der Waals surface area (Å²) in [6.45, 7) is 6.61. The molecular weight excluding hydrogens is 757 g/mol. The first-order valence-corrected chi connectivity index (χ1v) is 27.5. The lowest BCUT2D eigenvalue weighted by atomic mass is 10.0. The van der Waals surface area contributed by atoms with Gasteiger partial charge in [0.2, 0.25) is 0 Å². The molecule has 6 nitrogen and oxygen atoms in total. The highest BCUT2D eigenvalue weighted by molar-refractivity contribution is 5.71. The number of rotatable bonds is 51. The van der Waals surface area contributed by atoms with Crippen molar-refractivity contribution in [2.24, 2.45) is 0 Å². The fourth-order valence-corrected chi connectivity index (χ4v) is 8.45. The monoisotopic (exact) mass is 863 g/mol. The number of hydrogen-bond acceptors (Lipinski definition) is 6. The molecule has 0 heterocycles. The van der Waals surface area contributed by atoms with Crippen LogP contribution < -0.4 is 0 Å². The summed E-state index contributed by atoms with van der Waals surface area (Å²) < 4.78 is 16.7. The number of hydrogen-bond donors (Lipinski definition) is 0. The number of carbonyl (C=O) groups excluding carboxylic acids is 3. The van der Waals surface area contributed by atoms with E-state index in [9.17, 15) is 14.4 Å². The van der Waals surface area contributed by atoms with Gasteiger partial charge in [0.05, 0.1) is 0 Å². The summed E-state index contributed by atoms with van der Waals surface area (Å²) in [4.78, 5) is 37.7. The van der Waals surface area contributed by atoms with Crippen molar-refractivity contribution in [2.75, 3.05) is 13.2 Å². The Morgan fingerprint density at radius 2 is 0.443 bits per heavy atom. The summed E-state index contributed by atoms with van der Waals surface area (Å²) >= 11 is 0. The maximum atomic E-state index is 12.7. The van der Waals surface area contributed by atoms with Crippen molar-refractivity contribution in [3.05, 3.63) is 0 Å². The molecule has 0 saturated carbocycles. The van der Waals surface area contributed by atoms with Crippen molar-refractivity contribution in [1.29, 1.82) is 0 Å². The van der Waals surface area contributed by atoms with Crippen LogP contribution in [0, 0.1) is 0 Å². The van der Waals surface area contributed by atoms with Crippen molar-refractivity contribution < 1.29 is 28.6 Å². The van der Waals surface area contributed by atoms with Crippen molar-refractivity contribution in [3.8, 4) is 0 Å². The van der Waals surface area contributed by atoms with Crippen LogP contribution in [0.5, 0.6) is 0 Å². The highest BCUT2D eigenvalue weighted by Gasteiger charge is 2.19. The minimum atomic E-state index is -0.758. The molecule has 1 unspecified atom stereocenters. The number of carbonyl (C=O) groups is 3. The van der Waals surface area contributed by atoms with Crippen molar-refractivity contribution in [3.63, 3.8) is 0 Å². The van der Waals surface area contributed by atoms with E-state index in [0.717, 1.165) is 64.2 Å². The van der Waals surface area contributed by atoms with E-state index < -0.39 is 6.10 Å². The predicted octanol–water partition coefficient (Wildman–Crippen LogP) is 18.0. The zero-order valence-electron chi connectivity index (χ0n) is 41.5. The molecule has 362 valence electrons. The van der Waals surface area contributed by atoms with E-state index in [1.54, 1.807) is 0 Å². The third-order valence-corrected chi connectivity index (χ3v) is 12.6. The average molecular weight is 863 g/mol. The van der Waals surface area contributed by atoms with Gasteiger partial charge in [0.1, 0.15) is 13.2 Å². The SMILES string of the molecule is CCCCCCCCCCCCCCCCCCCCCCCCCCC(=O)OCC(COC(=O)CCCCCCC)OC(=O)CCCCCCCCCCCCCCCC. The molecule has 6 heteroatoms. The Kier molecular flexibility index (Phi) is 49.7. The molecule has 0 aromatic heterocycles. The molecule has 0 aromatic rings. The Balaban J connectivity index is 3.99. The van der Waals surface area contributed by atoms with Gasteiger partial charge in [-0.25, -0.2) is 0 Å². The topological polar surface area (TPSA) is 78.9 Å². The van der Waals surface area contributed by atoms with Gasteiger partial charge in [-0.1, -0.05) is 278 Å². The third-order valence-electron chi connectivity index (χ3n) is 12.6. The van der Waals surface area contributed by atoms with Gasteiger partial charge < -0.3 is 14.2 Å². The van der Waals surface area contributed by atoms with E-state index in [4.69, 9.17) is 14.2 Å². The summed E-state index contributed by atoms with van der Waals surface area (Å²) in [5, 5.41) is 0. The van der Waals surface area contributed by atoms with Crippen LogP contribution in [-0.4, -0.2) is 37.2 Å². The molecule has 0 spiro atoms. The lowest BCUT2D eigenvalue weighted by Crippen LogP contribution is -2.30. The Morgan fingerprint density at radius 3 is 0.656 bits per heavy atom. The maximum absolute atomic E-state index is 12.7. The molecule has 0 bridgehead atoms. The van der Waals surface area contributed by atoms with E-state index in [2.05, 4.69) is 20.8 Å². The molecular formula is C55H106O6. The second kappa shape index (κ2) is 51.0. The van der Waals surface area contributed by atoms with Gasteiger partial charge in [-0.05, 0) is 19.3 Å². The van der Waals surface area contributed by atoms with Gasteiger partial charge >= 0.3 is 17.9 Å². The average Bonchev–Trinajstić information content (AvgIpc) is 3.26. The van der Waals surface area contributed by atoms with Gasteiger partial charge in [0, 0.05) is 19.3 Å². The van der Waals surface area contributed by atoms with Crippen LogP contribution >= 0.6 is 0 Å². The minimum absolute atomic E-state index is 0.0630. The molecule has 0 radical (unpaired) electrons. The molecule has 0 N–H and O–H groups in total. The Labute approximate surface area is 380 Å². The molecule has 0 saturated heterocycles. The molecule has 0 aromatic carbocycles. The minimum Gasteiger partial charge on any atom is -0.462 e. The van der Waals surface area contributed by atoms with Crippen molar-refractivity contribution >= 4 is 17.9 Å². The molecule has 1 atom stereocenters. The van der Waals surface area contributed by atoms with Gasteiger partial charge in [0.15, 0.2) is 6.10 Å². The van der Waals surface area contributed by atoms with E-state index >= 15 is 0 Å². The predicted molar refractivity (Wildman–Crippen MR) is 261 cm³/mol. The summed E-state index contributed by atoms with van der Waals surface area (Å²) in [7, 11) is 0. The highest BCUT2D eigenvalue weighted by Crippen LogP contribution is 2.17. The summed E-state index contributed by atoms with van der Waals surface area (Å²) in [6.07, 6.45) is 55.7. The second-order valence-corrected chi connectivity index (χ2v) is 18.9. The van der Waals surface area contributed by atoms with Gasteiger partial charge in [0.25, 0.3) is 0 Å². The van der Waals surface area contributed by atoms with Crippen molar-refractivity contribution in [1.82, 2.24) is 0 Å². The Bertz CT molecular complexity index is 905. The van der Waals surface area contributed by atoms with Crippen LogP contribution in [0.15, 0.2) is 0 Å². The smallest absolute Gasteiger partial charge is 0.306 e. The third kappa shape index (κ3) is 49.3. The van der Waals surface area contributed by atoms with Gasteiger partial charge in [-0.15, -0.1) is 0 Å². The summed E-state index contributed by atoms with van der Waals surface area (Å²) in [5.74, 6) is -0.856. The fraction of sp³-hybridized carbons (Fsp3) is 0.945. The van der Waals surface area contributed by atoms with Crippen LogP contribution in [0.2, 0.25) is 0 Å². The summed E-state index contributed by atoms with van der Waals surface area (Å²) in [6, 6.07) is 0. The van der Waals surface area contributed by atoms with Gasteiger partial charge in [-0.2, -0.15) is 0 Å². The van der Waals surface area contributed by atoms with E-state index in [0.29, 0.717) is 19.3 Å². The summed E-state index contributed by atoms with van der Waals surface area (Å²) in [5.41, 5.74) is 0. The van der Waals surface area contributed by atoms with E-state index in [-0.39, 0.29) is 31.1 Å². The van der Waals surface area contributed by atoms with Crippen LogP contribution in [0.4, 0.5) is 0 Å². The second-order valence-electron chi connectivity index (χ2n) is 18.9. The Hall–Kier alpha value is -1.59.